The van der Waals surface area contributed by atoms with E-state index in [1.807, 2.05) is 44.2 Å². The van der Waals surface area contributed by atoms with Crippen LogP contribution < -0.4 is 4.74 Å². The average Bonchev–Trinajstić information content (AvgIpc) is 2.88. The van der Waals surface area contributed by atoms with Crippen molar-refractivity contribution in [1.82, 2.24) is 9.78 Å². The van der Waals surface area contributed by atoms with Crippen LogP contribution in [0.15, 0.2) is 30.3 Å². The van der Waals surface area contributed by atoms with Crippen molar-refractivity contribution in [3.05, 3.63) is 47.3 Å². The molecule has 130 valence electrons. The standard InChI is InChI=1S/C20H28N2O2/c1-4-5-6-7-11-14-19-16(2)21-22(17(19)3)20(23)15-24-18-12-9-8-10-13-18/h8-10,12-13H,4-7,11,14-15H2,1-3H3. The Kier molecular flexibility index (Phi) is 7.04. The van der Waals surface area contributed by atoms with Gasteiger partial charge in [-0.05, 0) is 44.4 Å². The van der Waals surface area contributed by atoms with Gasteiger partial charge < -0.3 is 4.74 Å². The quantitative estimate of drug-likeness (QED) is 0.625. The predicted molar refractivity (Wildman–Crippen MR) is 96.7 cm³/mol. The average molecular weight is 328 g/mol. The van der Waals surface area contributed by atoms with E-state index in [1.165, 1.54) is 35.9 Å². The summed E-state index contributed by atoms with van der Waals surface area (Å²) in [7, 11) is 0. The van der Waals surface area contributed by atoms with Crippen LogP contribution in [0.1, 0.15) is 60.8 Å². The second-order valence-corrected chi connectivity index (χ2v) is 6.22. The van der Waals surface area contributed by atoms with Crippen LogP contribution in [0, 0.1) is 13.8 Å². The molecule has 0 saturated heterocycles. The largest absolute Gasteiger partial charge is 0.484 e. The fraction of sp³-hybridized carbons (Fsp3) is 0.500. The van der Waals surface area contributed by atoms with Crippen LogP contribution in [0.25, 0.3) is 0 Å². The zero-order valence-electron chi connectivity index (χ0n) is 15.0. The number of aromatic nitrogens is 2. The summed E-state index contributed by atoms with van der Waals surface area (Å²) < 4.78 is 7.04. The van der Waals surface area contributed by atoms with E-state index in [4.69, 9.17) is 4.74 Å². The summed E-state index contributed by atoms with van der Waals surface area (Å²) in [6, 6.07) is 9.38. The van der Waals surface area contributed by atoms with Gasteiger partial charge >= 0.3 is 0 Å². The van der Waals surface area contributed by atoms with Crippen LogP contribution in [0.4, 0.5) is 0 Å². The number of hydrogen-bond donors (Lipinski definition) is 0. The summed E-state index contributed by atoms with van der Waals surface area (Å²) in [5, 5.41) is 4.42. The van der Waals surface area contributed by atoms with Crippen molar-refractivity contribution in [1.29, 1.82) is 0 Å². The molecule has 0 aliphatic carbocycles. The number of hydrogen-bond acceptors (Lipinski definition) is 3. The fourth-order valence-electron chi connectivity index (χ4n) is 2.91. The molecule has 1 heterocycles. The van der Waals surface area contributed by atoms with Gasteiger partial charge in [0.25, 0.3) is 5.91 Å². The number of rotatable bonds is 9. The third kappa shape index (κ3) is 4.95. The highest BCUT2D eigenvalue weighted by atomic mass is 16.5. The Bertz CT molecular complexity index is 647. The van der Waals surface area contributed by atoms with Crippen LogP contribution in [0.5, 0.6) is 5.75 Å². The maximum Gasteiger partial charge on any atom is 0.284 e. The maximum atomic E-state index is 12.4. The fourth-order valence-corrected chi connectivity index (χ4v) is 2.91. The molecule has 0 saturated carbocycles. The molecule has 0 aliphatic heterocycles. The molecule has 0 aliphatic rings. The van der Waals surface area contributed by atoms with Crippen LogP contribution in [0.2, 0.25) is 0 Å². The predicted octanol–water partition coefficient (Wildman–Crippen LogP) is 4.73. The number of unbranched alkanes of at least 4 members (excludes halogenated alkanes) is 4. The van der Waals surface area contributed by atoms with Gasteiger partial charge in [0.2, 0.25) is 0 Å². The van der Waals surface area contributed by atoms with Gasteiger partial charge in [-0.2, -0.15) is 5.10 Å². The molecular formula is C20H28N2O2. The Morgan fingerprint density at radius 1 is 1.08 bits per heavy atom. The van der Waals surface area contributed by atoms with Crippen molar-refractivity contribution >= 4 is 5.91 Å². The van der Waals surface area contributed by atoms with Crippen molar-refractivity contribution < 1.29 is 9.53 Å². The first kappa shape index (κ1) is 18.2. The highest BCUT2D eigenvalue weighted by Crippen LogP contribution is 2.17. The lowest BCUT2D eigenvalue weighted by Crippen LogP contribution is -2.21. The molecule has 0 unspecified atom stereocenters. The highest BCUT2D eigenvalue weighted by Gasteiger charge is 2.16. The Balaban J connectivity index is 1.93. The van der Waals surface area contributed by atoms with E-state index in [0.717, 1.165) is 24.2 Å². The molecule has 1 aromatic carbocycles. The van der Waals surface area contributed by atoms with Crippen LogP contribution in [0.3, 0.4) is 0 Å². The van der Waals surface area contributed by atoms with E-state index in [1.54, 1.807) is 0 Å². The molecule has 0 N–H and O–H groups in total. The minimum Gasteiger partial charge on any atom is -0.484 e. The van der Waals surface area contributed by atoms with Gasteiger partial charge in [-0.1, -0.05) is 50.8 Å². The molecule has 4 heteroatoms. The number of nitrogens with zero attached hydrogens (tertiary/aromatic N) is 2. The number of carbonyl (C=O) groups excluding carboxylic acids is 1. The van der Waals surface area contributed by atoms with Crippen LogP contribution in [-0.4, -0.2) is 22.3 Å². The summed E-state index contributed by atoms with van der Waals surface area (Å²) in [5.41, 5.74) is 3.11. The molecular weight excluding hydrogens is 300 g/mol. The third-order valence-electron chi connectivity index (χ3n) is 4.31. The Hall–Kier alpha value is -2.10. The SMILES string of the molecule is CCCCCCCc1c(C)nn(C(=O)COc2ccccc2)c1C. The molecule has 0 spiro atoms. The van der Waals surface area contributed by atoms with E-state index in [0.29, 0.717) is 5.75 Å². The van der Waals surface area contributed by atoms with Gasteiger partial charge in [-0.3, -0.25) is 4.79 Å². The van der Waals surface area contributed by atoms with Gasteiger partial charge in [0.1, 0.15) is 5.75 Å². The maximum absolute atomic E-state index is 12.4. The summed E-state index contributed by atoms with van der Waals surface area (Å²) in [6.07, 6.45) is 7.23. The molecule has 0 amide bonds. The van der Waals surface area contributed by atoms with E-state index >= 15 is 0 Å². The van der Waals surface area contributed by atoms with Crippen LogP contribution >= 0.6 is 0 Å². The van der Waals surface area contributed by atoms with E-state index in [2.05, 4.69) is 12.0 Å². The zero-order chi connectivity index (χ0) is 17.4. The van der Waals surface area contributed by atoms with Gasteiger partial charge in [0.15, 0.2) is 6.61 Å². The molecule has 0 bridgehead atoms. The number of benzene rings is 1. The van der Waals surface area contributed by atoms with Crippen molar-refractivity contribution in [2.75, 3.05) is 6.61 Å². The lowest BCUT2D eigenvalue weighted by Gasteiger charge is -2.07. The number of carbonyl (C=O) groups is 1. The van der Waals surface area contributed by atoms with Crippen molar-refractivity contribution in [3.63, 3.8) is 0 Å². The van der Waals surface area contributed by atoms with Gasteiger partial charge in [0.05, 0.1) is 5.69 Å². The first-order valence-electron chi connectivity index (χ1n) is 8.89. The van der Waals surface area contributed by atoms with Crippen LogP contribution in [-0.2, 0) is 6.42 Å². The smallest absolute Gasteiger partial charge is 0.284 e. The normalized spacial score (nSPS) is 10.8. The summed E-state index contributed by atoms with van der Waals surface area (Å²) in [6.45, 7) is 6.18. The Morgan fingerprint density at radius 2 is 1.79 bits per heavy atom. The second-order valence-electron chi connectivity index (χ2n) is 6.22. The van der Waals surface area contributed by atoms with E-state index in [9.17, 15) is 4.79 Å². The molecule has 0 atom stereocenters. The minimum absolute atomic E-state index is 0.00190. The van der Waals surface area contributed by atoms with Crippen molar-refractivity contribution in [3.8, 4) is 5.75 Å². The number of aryl methyl sites for hydroxylation is 1. The monoisotopic (exact) mass is 328 g/mol. The van der Waals surface area contributed by atoms with E-state index in [-0.39, 0.29) is 12.5 Å². The minimum atomic E-state index is -0.128. The van der Waals surface area contributed by atoms with E-state index < -0.39 is 0 Å². The topological polar surface area (TPSA) is 44.1 Å². The molecule has 0 radical (unpaired) electrons. The van der Waals surface area contributed by atoms with Crippen molar-refractivity contribution in [2.24, 2.45) is 0 Å². The Labute approximate surface area is 144 Å². The third-order valence-corrected chi connectivity index (χ3v) is 4.31. The van der Waals surface area contributed by atoms with Gasteiger partial charge in [0, 0.05) is 5.69 Å². The molecule has 4 nitrogen and oxygen atoms in total. The summed E-state index contributed by atoms with van der Waals surface area (Å²) in [4.78, 5) is 12.4. The highest BCUT2D eigenvalue weighted by molar-refractivity contribution is 5.80. The lowest BCUT2D eigenvalue weighted by atomic mass is 10.0. The molecule has 2 rings (SSSR count). The molecule has 0 fully saturated rings. The molecule has 2 aromatic rings. The van der Waals surface area contributed by atoms with Crippen molar-refractivity contribution in [2.45, 2.75) is 59.3 Å². The lowest BCUT2D eigenvalue weighted by molar-refractivity contribution is 0.0818. The van der Waals surface area contributed by atoms with Gasteiger partial charge in [-0.25, -0.2) is 4.68 Å². The second kappa shape index (κ2) is 9.26. The van der Waals surface area contributed by atoms with Gasteiger partial charge in [-0.15, -0.1) is 0 Å². The number of ether oxygens (including phenoxy) is 1. The number of para-hydroxylation sites is 1. The Morgan fingerprint density at radius 3 is 2.50 bits per heavy atom. The first-order chi connectivity index (χ1) is 11.6. The summed E-state index contributed by atoms with van der Waals surface area (Å²) in [5.74, 6) is 0.570. The molecule has 24 heavy (non-hydrogen) atoms. The first-order valence-corrected chi connectivity index (χ1v) is 8.89. The molecule has 1 aromatic heterocycles. The summed E-state index contributed by atoms with van der Waals surface area (Å²) >= 11 is 0. The zero-order valence-corrected chi connectivity index (χ0v) is 15.0.